The van der Waals surface area contributed by atoms with Crippen LogP contribution in [0.25, 0.3) is 11.1 Å². The molecular weight excluding hydrogens is 664 g/mol. The number of aldehydes is 1. The van der Waals surface area contributed by atoms with E-state index in [4.69, 9.17) is 23.8 Å². The summed E-state index contributed by atoms with van der Waals surface area (Å²) in [6.45, 7) is 9.06. The number of hydroxylamine groups is 1. The molecule has 0 aromatic heterocycles. The third kappa shape index (κ3) is 13.4. The molecule has 2 atom stereocenters. The summed E-state index contributed by atoms with van der Waals surface area (Å²) in [5, 5.41) is 8.50. The Hall–Kier alpha value is -4.86. The summed E-state index contributed by atoms with van der Waals surface area (Å²) >= 11 is 0. The Labute approximate surface area is 297 Å². The van der Waals surface area contributed by atoms with E-state index in [9.17, 15) is 28.8 Å². The number of fused-ring (bicyclic) bond motifs is 3. The summed E-state index contributed by atoms with van der Waals surface area (Å²) in [5.41, 5.74) is 5.60. The van der Waals surface area contributed by atoms with Crippen molar-refractivity contribution in [1.82, 2.24) is 16.1 Å². The normalized spacial score (nSPS) is 13.4. The summed E-state index contributed by atoms with van der Waals surface area (Å²) in [7, 11) is 0. The Bertz CT molecular complexity index is 1510. The Balaban J connectivity index is 1.68. The number of nitrogens with one attached hydrogen (secondary N) is 4. The minimum Gasteiger partial charge on any atom is -0.432 e. The number of benzene rings is 2. The maximum atomic E-state index is 13.3. The molecule has 0 saturated carbocycles. The van der Waals surface area contributed by atoms with Gasteiger partial charge in [-0.2, -0.15) is 5.48 Å². The van der Waals surface area contributed by atoms with E-state index in [0.29, 0.717) is 79.1 Å². The van der Waals surface area contributed by atoms with Gasteiger partial charge in [-0.3, -0.25) is 19.2 Å². The molecule has 15 nitrogen and oxygen atoms in total. The first kappa shape index (κ1) is 40.6. The lowest BCUT2D eigenvalue weighted by Gasteiger charge is -2.15. The SMILES string of the molecule is CCOC(C)OCCNC(=O)CCCC(=O)Nc1ccc2c(c1)C(COC(=O)ONC(=O)CCC=O)c1cccc(C(=O)NCCOC(C)C)c1-2. The zero-order valence-electron chi connectivity index (χ0n) is 29.5. The second-order valence-electron chi connectivity index (χ2n) is 11.8. The fourth-order valence-electron chi connectivity index (χ4n) is 5.35. The standard InChI is InChI=1S/C36H48N4O11/c1-5-47-24(4)49-20-16-37-31(42)11-7-12-32(43)39-25-14-15-27-29(21-25)30(22-50-36(46)51-40-33(44)13-8-18-41)26-9-6-10-28(34(26)27)35(45)38-17-19-48-23(2)3/h6,9-10,14-15,18,21,23-24,30H,5,7-8,11-13,16-17,19-20,22H2,1-4H3,(H,37,42)(H,38,45)(H,39,43)(H,40,44). The van der Waals surface area contributed by atoms with Crippen molar-refractivity contribution in [2.75, 3.05) is 44.8 Å². The van der Waals surface area contributed by atoms with E-state index in [0.717, 1.165) is 0 Å². The van der Waals surface area contributed by atoms with Gasteiger partial charge in [0.15, 0.2) is 6.29 Å². The third-order valence-corrected chi connectivity index (χ3v) is 7.63. The number of carbonyl (C=O) groups is 6. The summed E-state index contributed by atoms with van der Waals surface area (Å²) in [5.74, 6) is -2.01. The molecule has 2 unspecified atom stereocenters. The summed E-state index contributed by atoms with van der Waals surface area (Å²) in [6.07, 6.45) is -0.516. The van der Waals surface area contributed by atoms with Crippen LogP contribution >= 0.6 is 0 Å². The third-order valence-electron chi connectivity index (χ3n) is 7.63. The van der Waals surface area contributed by atoms with Crippen molar-refractivity contribution in [2.45, 2.75) is 78.1 Å². The minimum absolute atomic E-state index is 0.0202. The second kappa shape index (κ2) is 21.4. The van der Waals surface area contributed by atoms with E-state index in [1.165, 1.54) is 0 Å². The van der Waals surface area contributed by atoms with Crippen LogP contribution < -0.4 is 21.4 Å². The van der Waals surface area contributed by atoms with Crippen molar-refractivity contribution >= 4 is 41.8 Å². The van der Waals surface area contributed by atoms with E-state index in [1.54, 1.807) is 37.3 Å². The monoisotopic (exact) mass is 712 g/mol. The molecule has 4 N–H and O–H groups in total. The zero-order chi connectivity index (χ0) is 37.2. The maximum absolute atomic E-state index is 13.3. The average molecular weight is 713 g/mol. The molecule has 0 saturated heterocycles. The molecule has 15 heteroatoms. The molecule has 0 bridgehead atoms. The van der Waals surface area contributed by atoms with Gasteiger partial charge in [-0.15, -0.1) is 0 Å². The van der Waals surface area contributed by atoms with Crippen LogP contribution in [0.3, 0.4) is 0 Å². The van der Waals surface area contributed by atoms with Gasteiger partial charge in [0.1, 0.15) is 12.9 Å². The molecule has 1 aliphatic carbocycles. The van der Waals surface area contributed by atoms with Crippen LogP contribution in [-0.4, -0.2) is 88.0 Å². The smallest absolute Gasteiger partial charge is 0.432 e. The van der Waals surface area contributed by atoms with Crippen LogP contribution in [0, 0.1) is 0 Å². The first-order valence-electron chi connectivity index (χ1n) is 17.1. The largest absolute Gasteiger partial charge is 0.533 e. The van der Waals surface area contributed by atoms with Crippen molar-refractivity contribution in [3.8, 4) is 11.1 Å². The molecule has 0 heterocycles. The molecule has 278 valence electrons. The van der Waals surface area contributed by atoms with Crippen LogP contribution in [0.5, 0.6) is 0 Å². The highest BCUT2D eigenvalue weighted by Crippen LogP contribution is 2.47. The van der Waals surface area contributed by atoms with Gasteiger partial charge >= 0.3 is 6.16 Å². The number of anilines is 1. The Kier molecular flexibility index (Phi) is 17.0. The van der Waals surface area contributed by atoms with E-state index in [2.05, 4.69) is 16.0 Å². The molecule has 0 spiro atoms. The van der Waals surface area contributed by atoms with Gasteiger partial charge in [-0.1, -0.05) is 18.2 Å². The lowest BCUT2D eigenvalue weighted by molar-refractivity contribution is -0.132. The number of hydrogen-bond acceptors (Lipinski definition) is 11. The van der Waals surface area contributed by atoms with Crippen LogP contribution in [-0.2, 0) is 43.0 Å². The molecule has 2 aromatic carbocycles. The van der Waals surface area contributed by atoms with Crippen molar-refractivity contribution in [3.05, 3.63) is 53.1 Å². The Morgan fingerprint density at radius 1 is 0.843 bits per heavy atom. The topological polar surface area (TPSA) is 197 Å². The Morgan fingerprint density at radius 3 is 2.33 bits per heavy atom. The molecule has 0 fully saturated rings. The van der Waals surface area contributed by atoms with Gasteiger partial charge in [0.2, 0.25) is 11.8 Å². The van der Waals surface area contributed by atoms with Crippen LogP contribution in [0.2, 0.25) is 0 Å². The lowest BCUT2D eigenvalue weighted by Crippen LogP contribution is -2.28. The summed E-state index contributed by atoms with van der Waals surface area (Å²) in [4.78, 5) is 77.6. The van der Waals surface area contributed by atoms with Gasteiger partial charge in [-0.05, 0) is 74.6 Å². The molecule has 4 amide bonds. The first-order chi connectivity index (χ1) is 24.5. The maximum Gasteiger partial charge on any atom is 0.533 e. The summed E-state index contributed by atoms with van der Waals surface area (Å²) in [6, 6.07) is 10.5. The van der Waals surface area contributed by atoms with E-state index in [-0.39, 0.29) is 62.4 Å². The highest BCUT2D eigenvalue weighted by atomic mass is 16.8. The number of amides is 4. The van der Waals surface area contributed by atoms with E-state index >= 15 is 0 Å². The number of ether oxygens (including phenoxy) is 4. The van der Waals surface area contributed by atoms with Crippen LogP contribution in [0.1, 0.15) is 87.2 Å². The van der Waals surface area contributed by atoms with Gasteiger partial charge < -0.3 is 44.5 Å². The lowest BCUT2D eigenvalue weighted by atomic mass is 9.96. The molecular formula is C36H48N4O11. The predicted molar refractivity (Wildman–Crippen MR) is 186 cm³/mol. The minimum atomic E-state index is -1.16. The highest BCUT2D eigenvalue weighted by Gasteiger charge is 2.33. The van der Waals surface area contributed by atoms with Crippen LogP contribution in [0.15, 0.2) is 36.4 Å². The highest BCUT2D eigenvalue weighted by molar-refractivity contribution is 6.04. The molecule has 3 rings (SSSR count). The van der Waals surface area contributed by atoms with E-state index in [1.807, 2.05) is 32.3 Å². The molecule has 1 aliphatic rings. The number of hydrogen-bond donors (Lipinski definition) is 4. The fourth-order valence-corrected chi connectivity index (χ4v) is 5.35. The quantitative estimate of drug-likeness (QED) is 0.0484. The zero-order valence-corrected chi connectivity index (χ0v) is 29.5. The molecule has 0 radical (unpaired) electrons. The van der Waals surface area contributed by atoms with Gasteiger partial charge in [0.25, 0.3) is 11.8 Å². The van der Waals surface area contributed by atoms with E-state index < -0.39 is 18.0 Å². The average Bonchev–Trinajstić information content (AvgIpc) is 3.41. The number of carbonyl (C=O) groups excluding carboxylic acids is 6. The van der Waals surface area contributed by atoms with Crippen molar-refractivity contribution in [1.29, 1.82) is 0 Å². The van der Waals surface area contributed by atoms with Crippen LogP contribution in [0.4, 0.5) is 10.5 Å². The van der Waals surface area contributed by atoms with Gasteiger partial charge in [0.05, 0.1) is 19.3 Å². The first-order valence-corrected chi connectivity index (χ1v) is 17.1. The second-order valence-corrected chi connectivity index (χ2v) is 11.8. The number of rotatable bonds is 21. The van der Waals surface area contributed by atoms with Crippen molar-refractivity contribution in [3.63, 3.8) is 0 Å². The van der Waals surface area contributed by atoms with Crippen molar-refractivity contribution < 1.29 is 52.6 Å². The molecule has 2 aromatic rings. The predicted octanol–water partition coefficient (Wildman–Crippen LogP) is 3.74. The van der Waals surface area contributed by atoms with Gasteiger partial charge in [-0.25, -0.2) is 4.79 Å². The van der Waals surface area contributed by atoms with Crippen molar-refractivity contribution in [2.24, 2.45) is 0 Å². The summed E-state index contributed by atoms with van der Waals surface area (Å²) < 4.78 is 21.6. The molecule has 51 heavy (non-hydrogen) atoms. The Morgan fingerprint density at radius 2 is 1.59 bits per heavy atom. The van der Waals surface area contributed by atoms with Gasteiger partial charge in [0, 0.05) is 62.5 Å². The fraction of sp³-hybridized carbons (Fsp3) is 0.500. The molecule has 0 aliphatic heterocycles.